The van der Waals surface area contributed by atoms with E-state index < -0.39 is 0 Å². The summed E-state index contributed by atoms with van der Waals surface area (Å²) < 4.78 is 0. The van der Waals surface area contributed by atoms with E-state index in [9.17, 15) is 0 Å². The predicted octanol–water partition coefficient (Wildman–Crippen LogP) is 2.85. The summed E-state index contributed by atoms with van der Waals surface area (Å²) in [4.78, 5) is 0. The Bertz CT molecular complexity index is 187. The first-order valence-electron chi connectivity index (χ1n) is 4.46. The van der Waals surface area contributed by atoms with Crippen molar-refractivity contribution in [3.05, 3.63) is 0 Å². The van der Waals surface area contributed by atoms with E-state index in [4.69, 9.17) is 10.7 Å². The van der Waals surface area contributed by atoms with Crippen molar-refractivity contribution in [2.75, 3.05) is 0 Å². The van der Waals surface area contributed by atoms with Gasteiger partial charge in [-0.05, 0) is 18.3 Å². The summed E-state index contributed by atoms with van der Waals surface area (Å²) in [7, 11) is 0. The van der Waals surface area contributed by atoms with Crippen molar-refractivity contribution in [3.8, 4) is 6.07 Å². The van der Waals surface area contributed by atoms with Gasteiger partial charge in [0.05, 0.1) is 12.0 Å². The Morgan fingerprint density at radius 1 is 1.33 bits per heavy atom. The van der Waals surface area contributed by atoms with Gasteiger partial charge in [0.15, 0.2) is 0 Å². The molecule has 2 nitrogen and oxygen atoms in total. The van der Waals surface area contributed by atoms with Crippen molar-refractivity contribution < 1.29 is 0 Å². The highest BCUT2D eigenvalue weighted by Crippen LogP contribution is 2.15. The van der Waals surface area contributed by atoms with Crippen LogP contribution in [0.3, 0.4) is 0 Å². The van der Waals surface area contributed by atoms with Gasteiger partial charge in [-0.15, -0.1) is 0 Å². The molecule has 0 aromatic heterocycles. The smallest absolute Gasteiger partial charge is 0.0861 e. The molecule has 0 rings (SSSR count). The van der Waals surface area contributed by atoms with Crippen LogP contribution in [-0.4, -0.2) is 5.71 Å². The zero-order valence-electron chi connectivity index (χ0n) is 8.39. The van der Waals surface area contributed by atoms with Gasteiger partial charge in [-0.1, -0.05) is 27.7 Å². The van der Waals surface area contributed by atoms with Gasteiger partial charge >= 0.3 is 0 Å². The summed E-state index contributed by atoms with van der Waals surface area (Å²) in [5, 5.41) is 16.5. The molecule has 0 saturated carbocycles. The molecule has 0 bridgehead atoms. The highest BCUT2D eigenvalue weighted by Gasteiger charge is 2.18. The van der Waals surface area contributed by atoms with Crippen LogP contribution in [0.1, 0.15) is 34.1 Å². The second kappa shape index (κ2) is 4.92. The predicted molar refractivity (Wildman–Crippen MR) is 51.1 cm³/mol. The molecule has 12 heavy (non-hydrogen) atoms. The van der Waals surface area contributed by atoms with Gasteiger partial charge < -0.3 is 5.41 Å². The Hall–Kier alpha value is -0.840. The molecule has 0 saturated heterocycles. The summed E-state index contributed by atoms with van der Waals surface area (Å²) in [6.07, 6.45) is 0.746. The molecule has 0 aromatic rings. The molecule has 0 aliphatic carbocycles. The van der Waals surface area contributed by atoms with Gasteiger partial charge in [0.25, 0.3) is 0 Å². The molecule has 0 spiro atoms. The van der Waals surface area contributed by atoms with Gasteiger partial charge in [0.1, 0.15) is 0 Å². The lowest BCUT2D eigenvalue weighted by Crippen LogP contribution is -2.19. The van der Waals surface area contributed by atoms with Crippen LogP contribution in [0, 0.1) is 34.5 Å². The third-order valence-electron chi connectivity index (χ3n) is 1.81. The average Bonchev–Trinajstić information content (AvgIpc) is 1.85. The number of nitriles is 1. The molecule has 0 amide bonds. The van der Waals surface area contributed by atoms with E-state index in [0.29, 0.717) is 11.6 Å². The summed E-state index contributed by atoms with van der Waals surface area (Å²) >= 11 is 0. The molecule has 0 heterocycles. The van der Waals surface area contributed by atoms with Crippen LogP contribution in [0.15, 0.2) is 0 Å². The van der Waals surface area contributed by atoms with Gasteiger partial charge in [-0.3, -0.25) is 0 Å². The third kappa shape index (κ3) is 3.52. The average molecular weight is 166 g/mol. The fourth-order valence-corrected chi connectivity index (χ4v) is 1.20. The maximum absolute atomic E-state index is 8.79. The van der Waals surface area contributed by atoms with Crippen molar-refractivity contribution in [3.63, 3.8) is 0 Å². The second-order valence-electron chi connectivity index (χ2n) is 3.97. The Balaban J connectivity index is 4.16. The Morgan fingerprint density at radius 2 is 1.83 bits per heavy atom. The number of hydrogen-bond acceptors (Lipinski definition) is 2. The minimum Gasteiger partial charge on any atom is -0.308 e. The largest absolute Gasteiger partial charge is 0.308 e. The number of nitrogens with zero attached hydrogens (tertiary/aromatic N) is 1. The first kappa shape index (κ1) is 11.2. The number of nitrogens with one attached hydrogen (secondary N) is 1. The third-order valence-corrected chi connectivity index (χ3v) is 1.81. The van der Waals surface area contributed by atoms with Gasteiger partial charge in [-0.25, -0.2) is 0 Å². The van der Waals surface area contributed by atoms with Crippen LogP contribution in [0.4, 0.5) is 0 Å². The summed E-state index contributed by atoms with van der Waals surface area (Å²) in [6.45, 7) is 8.12. The zero-order chi connectivity index (χ0) is 9.72. The van der Waals surface area contributed by atoms with Crippen molar-refractivity contribution in [2.24, 2.45) is 17.8 Å². The van der Waals surface area contributed by atoms with Crippen LogP contribution < -0.4 is 0 Å². The van der Waals surface area contributed by atoms with Gasteiger partial charge in [0, 0.05) is 5.71 Å². The van der Waals surface area contributed by atoms with Crippen LogP contribution >= 0.6 is 0 Å². The maximum atomic E-state index is 8.79. The summed E-state index contributed by atoms with van der Waals surface area (Å²) in [5.74, 6) is 0.556. The summed E-state index contributed by atoms with van der Waals surface area (Å²) in [5.41, 5.74) is 0.586. The monoisotopic (exact) mass is 166 g/mol. The van der Waals surface area contributed by atoms with E-state index in [2.05, 4.69) is 19.9 Å². The molecular formula is C10H18N2. The fraction of sp³-hybridized carbons (Fsp3) is 0.800. The molecule has 0 aromatic carbocycles. The van der Waals surface area contributed by atoms with E-state index >= 15 is 0 Å². The van der Waals surface area contributed by atoms with Gasteiger partial charge in [0.2, 0.25) is 0 Å². The molecule has 0 fully saturated rings. The van der Waals surface area contributed by atoms with Crippen LogP contribution in [0.2, 0.25) is 0 Å². The minimum atomic E-state index is -0.188. The molecular weight excluding hydrogens is 148 g/mol. The topological polar surface area (TPSA) is 47.6 Å². The van der Waals surface area contributed by atoms with Crippen molar-refractivity contribution in [1.82, 2.24) is 0 Å². The molecule has 68 valence electrons. The lowest BCUT2D eigenvalue weighted by atomic mass is 9.88. The number of rotatable bonds is 4. The van der Waals surface area contributed by atoms with Crippen molar-refractivity contribution in [2.45, 2.75) is 34.1 Å². The fourth-order valence-electron chi connectivity index (χ4n) is 1.20. The van der Waals surface area contributed by atoms with Crippen LogP contribution in [0.5, 0.6) is 0 Å². The zero-order valence-corrected chi connectivity index (χ0v) is 8.39. The molecule has 0 aliphatic heterocycles. The molecule has 0 aliphatic rings. The minimum absolute atomic E-state index is 0.188. The van der Waals surface area contributed by atoms with Crippen LogP contribution in [-0.2, 0) is 0 Å². The second-order valence-corrected chi connectivity index (χ2v) is 3.97. The standard InChI is InChI=1S/C10H18N2/c1-7(2)5-10(12)9(6-11)8(3)4/h7-9,12H,5H2,1-4H3. The Kier molecular flexibility index (Phi) is 4.58. The molecule has 2 heteroatoms. The van der Waals surface area contributed by atoms with E-state index in [-0.39, 0.29) is 11.8 Å². The molecule has 1 atom stereocenters. The van der Waals surface area contributed by atoms with E-state index in [0.717, 1.165) is 6.42 Å². The first-order chi connectivity index (χ1) is 5.49. The Labute approximate surface area is 75.1 Å². The number of hydrogen-bond donors (Lipinski definition) is 1. The molecule has 1 N–H and O–H groups in total. The summed E-state index contributed by atoms with van der Waals surface area (Å²) in [6, 6.07) is 2.18. The van der Waals surface area contributed by atoms with E-state index in [1.165, 1.54) is 0 Å². The maximum Gasteiger partial charge on any atom is 0.0861 e. The van der Waals surface area contributed by atoms with E-state index in [1.807, 2.05) is 13.8 Å². The molecule has 1 unspecified atom stereocenters. The Morgan fingerprint density at radius 3 is 2.08 bits per heavy atom. The SMILES string of the molecule is CC(C)CC(=N)C(C#N)C(C)C. The van der Waals surface area contributed by atoms with Crippen molar-refractivity contribution in [1.29, 1.82) is 10.7 Å². The quantitative estimate of drug-likeness (QED) is 0.641. The normalized spacial score (nSPS) is 13.1. The van der Waals surface area contributed by atoms with Gasteiger partial charge in [-0.2, -0.15) is 5.26 Å². The van der Waals surface area contributed by atoms with E-state index in [1.54, 1.807) is 0 Å². The lowest BCUT2D eigenvalue weighted by Gasteiger charge is -2.15. The van der Waals surface area contributed by atoms with Crippen molar-refractivity contribution >= 4 is 5.71 Å². The molecule has 0 radical (unpaired) electrons. The first-order valence-corrected chi connectivity index (χ1v) is 4.46. The lowest BCUT2D eigenvalue weighted by molar-refractivity contribution is 0.559. The highest BCUT2D eigenvalue weighted by atomic mass is 14.5. The van der Waals surface area contributed by atoms with Crippen LogP contribution in [0.25, 0.3) is 0 Å². The highest BCUT2D eigenvalue weighted by molar-refractivity contribution is 5.86.